The normalized spacial score (nSPS) is 17.5. The van der Waals surface area contributed by atoms with Crippen LogP contribution in [0.4, 0.5) is 0 Å². The van der Waals surface area contributed by atoms with E-state index in [-0.39, 0.29) is 29.4 Å². The molecule has 0 aromatic rings. The monoisotopic (exact) mass is 540 g/mol. The average Bonchev–Trinajstić information content (AvgIpc) is 2.68. The Morgan fingerprint density at radius 1 is 1.15 bits per heavy atom. The summed E-state index contributed by atoms with van der Waals surface area (Å²) >= 11 is 0. The van der Waals surface area contributed by atoms with E-state index in [9.17, 15) is 14.3 Å². The highest BCUT2D eigenvalue weighted by Crippen LogP contribution is 2.45. The molecule has 0 saturated carbocycles. The van der Waals surface area contributed by atoms with E-state index in [0.717, 1.165) is 12.6 Å². The number of rotatable bonds is 17. The molecule has 202 valence electrons. The van der Waals surface area contributed by atoms with Gasteiger partial charge in [-0.1, -0.05) is 33.9 Å². The van der Waals surface area contributed by atoms with Crippen molar-refractivity contribution in [1.82, 2.24) is 0 Å². The molecule has 0 radical (unpaired) electrons. The summed E-state index contributed by atoms with van der Waals surface area (Å²) in [4.78, 5) is 21.7. The fraction of sp³-hybridized carbons (Fsp3) is 0.870. The Morgan fingerprint density at radius 3 is 2.15 bits per heavy atom. The smallest absolute Gasteiger partial charge is 0.462 e. The molecule has 0 aliphatic heterocycles. The molecule has 3 unspecified atom stereocenters. The van der Waals surface area contributed by atoms with E-state index in [2.05, 4.69) is 68.0 Å². The van der Waals surface area contributed by atoms with Crippen molar-refractivity contribution in [2.24, 2.45) is 0 Å². The van der Waals surface area contributed by atoms with E-state index in [0.29, 0.717) is 29.6 Å². The summed E-state index contributed by atoms with van der Waals surface area (Å²) in [5, 5.41) is -0.514. The first-order chi connectivity index (χ1) is 15.2. The summed E-state index contributed by atoms with van der Waals surface area (Å²) in [7, 11) is -3.50. The first-order valence-corrected chi connectivity index (χ1v) is 19.2. The average molecular weight is 541 g/mol. The zero-order valence-electron chi connectivity index (χ0n) is 23.5. The highest BCUT2D eigenvalue weighted by Gasteiger charge is 2.49. The molecule has 3 atom stereocenters. The molecule has 0 saturated heterocycles. The summed E-state index contributed by atoms with van der Waals surface area (Å²) in [6, 6.07) is 0. The van der Waals surface area contributed by atoms with Crippen molar-refractivity contribution in [2.45, 2.75) is 84.3 Å². The molecule has 34 heavy (non-hydrogen) atoms. The van der Waals surface area contributed by atoms with E-state index in [1.807, 2.05) is 6.92 Å². The number of phosphoric ester groups is 1. The number of hydrogen-bond donors (Lipinski definition) is 1. The third kappa shape index (κ3) is 11.2. The number of likely N-dealkylation sites (N-methyl/N-ethyl adjacent to an activating group) is 1. The molecule has 0 fully saturated rings. The van der Waals surface area contributed by atoms with Crippen molar-refractivity contribution in [3.63, 3.8) is 0 Å². The molecule has 11 heteroatoms. The van der Waals surface area contributed by atoms with Crippen LogP contribution in [-0.4, -0.2) is 84.3 Å². The summed E-state index contributed by atoms with van der Waals surface area (Å²) < 4.78 is 35.1. The first-order valence-electron chi connectivity index (χ1n) is 12.2. The van der Waals surface area contributed by atoms with Gasteiger partial charge in [0.2, 0.25) is 0 Å². The Bertz CT molecular complexity index is 730. The SMILES string of the molecule is C=C(C)C(=O)OCC(C)(CC)[Si](C)(C)OC(C)(C)[SiH](C)C[N+](C)(C)CCOP(=O)(O)OCCC. The summed E-state index contributed by atoms with van der Waals surface area (Å²) in [6.45, 7) is 23.8. The fourth-order valence-corrected chi connectivity index (χ4v) is 11.1. The van der Waals surface area contributed by atoms with Gasteiger partial charge in [-0.3, -0.25) is 9.05 Å². The number of carbonyl (C=O) groups excluding carboxylic acids is 1. The van der Waals surface area contributed by atoms with Crippen molar-refractivity contribution < 1.29 is 36.9 Å². The summed E-state index contributed by atoms with van der Waals surface area (Å²) in [5.74, 6) is -0.361. The lowest BCUT2D eigenvalue weighted by molar-refractivity contribution is -0.880. The number of esters is 1. The van der Waals surface area contributed by atoms with E-state index in [1.165, 1.54) is 0 Å². The van der Waals surface area contributed by atoms with Crippen molar-refractivity contribution in [3.8, 4) is 0 Å². The van der Waals surface area contributed by atoms with Crippen molar-refractivity contribution in [2.75, 3.05) is 46.6 Å². The van der Waals surface area contributed by atoms with Gasteiger partial charge in [-0.15, -0.1) is 0 Å². The highest BCUT2D eigenvalue weighted by atomic mass is 31.2. The molecule has 0 aliphatic rings. The number of carbonyl (C=O) groups is 1. The highest BCUT2D eigenvalue weighted by molar-refractivity contribution is 7.47. The minimum Gasteiger partial charge on any atom is -0.462 e. The lowest BCUT2D eigenvalue weighted by atomic mass is 10.1. The molecule has 0 rings (SSSR count). The third-order valence-electron chi connectivity index (χ3n) is 6.99. The Kier molecular flexibility index (Phi) is 13.2. The molecule has 1 N–H and O–H groups in total. The van der Waals surface area contributed by atoms with Gasteiger partial charge >= 0.3 is 13.8 Å². The molecule has 0 aliphatic carbocycles. The quantitative estimate of drug-likeness (QED) is 0.0929. The second kappa shape index (κ2) is 13.3. The van der Waals surface area contributed by atoms with Crippen LogP contribution in [0.5, 0.6) is 0 Å². The number of nitrogens with zero attached hydrogens (tertiary/aromatic N) is 1. The van der Waals surface area contributed by atoms with Crippen LogP contribution in [0, 0.1) is 0 Å². The number of ether oxygens (including phenoxy) is 1. The predicted molar refractivity (Wildman–Crippen MR) is 144 cm³/mol. The van der Waals surface area contributed by atoms with Crippen LogP contribution < -0.4 is 0 Å². The Hall–Kier alpha value is -0.326. The van der Waals surface area contributed by atoms with Gasteiger partial charge in [0, 0.05) is 15.8 Å². The molecule has 0 spiro atoms. The van der Waals surface area contributed by atoms with Gasteiger partial charge in [0.15, 0.2) is 8.32 Å². The van der Waals surface area contributed by atoms with Gasteiger partial charge in [-0.2, -0.15) is 0 Å². The first kappa shape index (κ1) is 33.7. The topological polar surface area (TPSA) is 91.3 Å². The Morgan fingerprint density at radius 2 is 1.68 bits per heavy atom. The Balaban J connectivity index is 5.16. The number of phosphoric acid groups is 1. The standard InChI is InChI=1S/C23H50NO7PSi2/c1-13-16-29-32(26,27)30-17-15-24(8,9)19-33(10)22(5,6)31-34(11,12)23(7,14-2)18-28-21(25)20(3)4/h33H,3,13-19H2,1-2,4-12H3/p+1. The molecule has 0 heterocycles. The van der Waals surface area contributed by atoms with Crippen LogP contribution in [0.3, 0.4) is 0 Å². The van der Waals surface area contributed by atoms with Crippen molar-refractivity contribution in [1.29, 1.82) is 0 Å². The summed E-state index contributed by atoms with van der Waals surface area (Å²) in [6.07, 6.45) is 2.43. The molecular formula is C23H51NO7PSi2+. The van der Waals surface area contributed by atoms with Gasteiger partial charge in [0.25, 0.3) is 0 Å². The van der Waals surface area contributed by atoms with Gasteiger partial charge in [-0.25, -0.2) is 9.36 Å². The summed E-state index contributed by atoms with van der Waals surface area (Å²) in [5.41, 5.74) is 0.402. The van der Waals surface area contributed by atoms with E-state index in [1.54, 1.807) is 6.92 Å². The van der Waals surface area contributed by atoms with Crippen LogP contribution in [0.25, 0.3) is 0 Å². The molecule has 0 bridgehead atoms. The second-order valence-electron chi connectivity index (χ2n) is 11.4. The zero-order valence-corrected chi connectivity index (χ0v) is 26.6. The van der Waals surface area contributed by atoms with Crippen LogP contribution in [0.2, 0.25) is 24.7 Å². The third-order valence-corrected chi connectivity index (χ3v) is 16.7. The maximum Gasteiger partial charge on any atom is 0.472 e. The second-order valence-corrected chi connectivity index (χ2v) is 20.8. The minimum atomic E-state index is -3.99. The fourth-order valence-electron chi connectivity index (χ4n) is 3.63. The Labute approximate surface area is 210 Å². The van der Waals surface area contributed by atoms with Crippen molar-refractivity contribution >= 4 is 30.9 Å². The van der Waals surface area contributed by atoms with Gasteiger partial charge in [-0.05, 0) is 46.7 Å². The lowest BCUT2D eigenvalue weighted by Gasteiger charge is -2.48. The van der Waals surface area contributed by atoms with E-state index in [4.69, 9.17) is 18.2 Å². The van der Waals surface area contributed by atoms with Crippen LogP contribution in [0.1, 0.15) is 54.4 Å². The zero-order chi connectivity index (χ0) is 27.0. The minimum absolute atomic E-state index is 0.148. The van der Waals surface area contributed by atoms with Gasteiger partial charge in [0.05, 0.1) is 33.5 Å². The predicted octanol–water partition coefficient (Wildman–Crippen LogP) is 4.83. The van der Waals surface area contributed by atoms with E-state index < -0.39 is 24.9 Å². The van der Waals surface area contributed by atoms with Crippen LogP contribution in [-0.2, 0) is 27.6 Å². The molecule has 0 aromatic heterocycles. The molecule has 0 aromatic carbocycles. The molecule has 0 amide bonds. The van der Waals surface area contributed by atoms with E-state index >= 15 is 0 Å². The largest absolute Gasteiger partial charge is 0.472 e. The number of quaternary nitrogens is 1. The van der Waals surface area contributed by atoms with Gasteiger partial charge < -0.3 is 18.5 Å². The number of hydrogen-bond acceptors (Lipinski definition) is 6. The van der Waals surface area contributed by atoms with Gasteiger partial charge in [0.1, 0.15) is 21.9 Å². The molecule has 8 nitrogen and oxygen atoms in total. The molecular weight excluding hydrogens is 489 g/mol. The van der Waals surface area contributed by atoms with Crippen LogP contribution in [0.15, 0.2) is 12.2 Å². The van der Waals surface area contributed by atoms with Crippen LogP contribution >= 0.6 is 7.82 Å². The van der Waals surface area contributed by atoms with Crippen molar-refractivity contribution in [3.05, 3.63) is 12.2 Å². The maximum absolute atomic E-state index is 12.0. The maximum atomic E-state index is 12.0. The lowest BCUT2D eigenvalue weighted by Crippen LogP contribution is -2.60.